The van der Waals surface area contributed by atoms with Crippen LogP contribution < -0.4 is 5.32 Å². The molecule has 0 bridgehead atoms. The molecular weight excluding hydrogens is 198 g/mol. The van der Waals surface area contributed by atoms with Gasteiger partial charge in [-0.3, -0.25) is 0 Å². The minimum atomic E-state index is 0.728. The number of ether oxygens (including phenoxy) is 1. The first-order valence-corrected chi connectivity index (χ1v) is 5.51. The molecule has 0 unspecified atom stereocenters. The van der Waals surface area contributed by atoms with E-state index in [0.717, 1.165) is 31.7 Å². The van der Waals surface area contributed by atoms with Crippen LogP contribution in [0.15, 0.2) is 43.7 Å². The Kier molecular flexibility index (Phi) is 6.04. The molecule has 1 aromatic carbocycles. The van der Waals surface area contributed by atoms with Gasteiger partial charge < -0.3 is 10.1 Å². The summed E-state index contributed by atoms with van der Waals surface area (Å²) in [5, 5.41) is 3.36. The highest BCUT2D eigenvalue weighted by molar-refractivity contribution is 5.47. The number of hydrogen-bond donors (Lipinski definition) is 1. The van der Waals surface area contributed by atoms with E-state index < -0.39 is 0 Å². The van der Waals surface area contributed by atoms with E-state index in [4.69, 9.17) is 4.74 Å². The molecule has 0 heterocycles. The van der Waals surface area contributed by atoms with Gasteiger partial charge in [0.05, 0.1) is 12.9 Å². The molecular formula is C14H19NO. The largest absolute Gasteiger partial charge is 0.502 e. The summed E-state index contributed by atoms with van der Waals surface area (Å²) in [7, 11) is 0. The van der Waals surface area contributed by atoms with Crippen LogP contribution >= 0.6 is 0 Å². The van der Waals surface area contributed by atoms with Crippen molar-refractivity contribution in [3.8, 4) is 0 Å². The van der Waals surface area contributed by atoms with E-state index in [1.165, 1.54) is 11.8 Å². The van der Waals surface area contributed by atoms with Crippen LogP contribution in [0.3, 0.4) is 0 Å². The Labute approximate surface area is 97.6 Å². The molecule has 1 aromatic rings. The van der Waals surface area contributed by atoms with Gasteiger partial charge in [-0.05, 0) is 24.1 Å². The summed E-state index contributed by atoms with van der Waals surface area (Å²) in [5.41, 5.74) is 2.44. The van der Waals surface area contributed by atoms with E-state index in [2.05, 4.69) is 42.7 Å². The van der Waals surface area contributed by atoms with E-state index >= 15 is 0 Å². The lowest BCUT2D eigenvalue weighted by Gasteiger charge is -2.05. The smallest absolute Gasteiger partial charge is 0.0885 e. The fourth-order valence-corrected chi connectivity index (χ4v) is 1.37. The molecule has 16 heavy (non-hydrogen) atoms. The van der Waals surface area contributed by atoms with Gasteiger partial charge in [0.2, 0.25) is 0 Å². The Morgan fingerprint density at radius 1 is 1.19 bits per heavy atom. The third-order valence-electron chi connectivity index (χ3n) is 2.28. The normalized spacial score (nSPS) is 9.75. The van der Waals surface area contributed by atoms with Crippen molar-refractivity contribution in [3.05, 3.63) is 54.8 Å². The topological polar surface area (TPSA) is 21.3 Å². The summed E-state index contributed by atoms with van der Waals surface area (Å²) in [6, 6.07) is 8.38. The monoisotopic (exact) mass is 217 g/mol. The lowest BCUT2D eigenvalue weighted by molar-refractivity contribution is 0.244. The molecule has 0 spiro atoms. The molecule has 0 aliphatic heterocycles. The maximum atomic E-state index is 5.03. The van der Waals surface area contributed by atoms with Crippen LogP contribution in [0.5, 0.6) is 0 Å². The first-order valence-electron chi connectivity index (χ1n) is 5.51. The van der Waals surface area contributed by atoms with Gasteiger partial charge in [-0.15, -0.1) is 0 Å². The summed E-state index contributed by atoms with van der Waals surface area (Å²) in [5.74, 6) is 0. The standard InChI is InChI=1S/C14H19NO/c1-3-13-6-8-14(9-7-13)12-15-10-5-11-16-4-2/h3-4,6-9,15H,1-2,5,10-12H2. The predicted molar refractivity (Wildman–Crippen MR) is 69.0 cm³/mol. The third-order valence-corrected chi connectivity index (χ3v) is 2.28. The Hall–Kier alpha value is -1.54. The number of hydrogen-bond acceptors (Lipinski definition) is 2. The van der Waals surface area contributed by atoms with Crippen LogP contribution in [0.25, 0.3) is 6.08 Å². The van der Waals surface area contributed by atoms with Gasteiger partial charge in [0.1, 0.15) is 0 Å². The third kappa shape index (κ3) is 4.80. The molecule has 0 amide bonds. The van der Waals surface area contributed by atoms with Crippen LogP contribution in [0.2, 0.25) is 0 Å². The predicted octanol–water partition coefficient (Wildman–Crippen LogP) is 2.97. The highest BCUT2D eigenvalue weighted by atomic mass is 16.5. The fourth-order valence-electron chi connectivity index (χ4n) is 1.37. The Balaban J connectivity index is 2.16. The summed E-state index contributed by atoms with van der Waals surface area (Å²) in [4.78, 5) is 0. The van der Waals surface area contributed by atoms with Gasteiger partial charge in [-0.1, -0.05) is 43.5 Å². The van der Waals surface area contributed by atoms with E-state index in [1.807, 2.05) is 6.08 Å². The lowest BCUT2D eigenvalue weighted by Crippen LogP contribution is -2.15. The lowest BCUT2D eigenvalue weighted by atomic mass is 10.1. The van der Waals surface area contributed by atoms with Crippen molar-refractivity contribution in [2.45, 2.75) is 13.0 Å². The average molecular weight is 217 g/mol. The van der Waals surface area contributed by atoms with Crippen molar-refractivity contribution in [1.29, 1.82) is 0 Å². The zero-order chi connectivity index (χ0) is 11.6. The summed E-state index contributed by atoms with van der Waals surface area (Å²) in [6.45, 7) is 9.80. The second kappa shape index (κ2) is 7.71. The van der Waals surface area contributed by atoms with Crippen molar-refractivity contribution >= 4 is 6.08 Å². The zero-order valence-electron chi connectivity index (χ0n) is 9.61. The summed E-state index contributed by atoms with van der Waals surface area (Å²) >= 11 is 0. The molecule has 0 aliphatic carbocycles. The molecule has 0 aliphatic rings. The van der Waals surface area contributed by atoms with Gasteiger partial charge in [0, 0.05) is 6.54 Å². The minimum absolute atomic E-state index is 0.728. The first kappa shape index (κ1) is 12.5. The quantitative estimate of drug-likeness (QED) is 0.534. The molecule has 0 saturated carbocycles. The summed E-state index contributed by atoms with van der Waals surface area (Å²) < 4.78 is 5.03. The van der Waals surface area contributed by atoms with Crippen molar-refractivity contribution in [2.24, 2.45) is 0 Å². The number of nitrogens with one attached hydrogen (secondary N) is 1. The molecule has 0 radical (unpaired) electrons. The van der Waals surface area contributed by atoms with Crippen LogP contribution in [0.1, 0.15) is 17.5 Å². The van der Waals surface area contributed by atoms with Crippen LogP contribution in [0, 0.1) is 0 Å². The minimum Gasteiger partial charge on any atom is -0.502 e. The van der Waals surface area contributed by atoms with Crippen LogP contribution in [0.4, 0.5) is 0 Å². The summed E-state index contributed by atoms with van der Waals surface area (Å²) in [6.07, 6.45) is 4.33. The van der Waals surface area contributed by atoms with Crippen molar-refractivity contribution < 1.29 is 4.74 Å². The molecule has 1 N–H and O–H groups in total. The Morgan fingerprint density at radius 2 is 1.94 bits per heavy atom. The highest BCUT2D eigenvalue weighted by Crippen LogP contribution is 2.04. The molecule has 0 saturated heterocycles. The fraction of sp³-hybridized carbons (Fsp3) is 0.286. The molecule has 0 atom stereocenters. The second-order valence-electron chi connectivity index (χ2n) is 3.51. The SMILES string of the molecule is C=COCCCNCc1ccc(C=C)cc1. The van der Waals surface area contributed by atoms with E-state index in [9.17, 15) is 0 Å². The molecule has 86 valence electrons. The van der Waals surface area contributed by atoms with Crippen molar-refractivity contribution in [2.75, 3.05) is 13.2 Å². The van der Waals surface area contributed by atoms with E-state index in [-0.39, 0.29) is 0 Å². The second-order valence-corrected chi connectivity index (χ2v) is 3.51. The van der Waals surface area contributed by atoms with Gasteiger partial charge in [-0.2, -0.15) is 0 Å². The molecule has 1 rings (SSSR count). The molecule has 2 nitrogen and oxygen atoms in total. The number of rotatable bonds is 8. The Bertz CT molecular complexity index is 316. The molecule has 2 heteroatoms. The number of benzene rings is 1. The van der Waals surface area contributed by atoms with Gasteiger partial charge in [-0.25, -0.2) is 0 Å². The molecule has 0 fully saturated rings. The molecule has 0 aromatic heterocycles. The van der Waals surface area contributed by atoms with Gasteiger partial charge in [0.25, 0.3) is 0 Å². The first-order chi connectivity index (χ1) is 7.86. The van der Waals surface area contributed by atoms with E-state index in [1.54, 1.807) is 0 Å². The van der Waals surface area contributed by atoms with Crippen molar-refractivity contribution in [3.63, 3.8) is 0 Å². The zero-order valence-corrected chi connectivity index (χ0v) is 9.61. The maximum Gasteiger partial charge on any atom is 0.0885 e. The Morgan fingerprint density at radius 3 is 2.56 bits per heavy atom. The maximum absolute atomic E-state index is 5.03. The highest BCUT2D eigenvalue weighted by Gasteiger charge is 1.92. The average Bonchev–Trinajstić information content (AvgIpc) is 2.34. The van der Waals surface area contributed by atoms with Crippen molar-refractivity contribution in [1.82, 2.24) is 5.32 Å². The van der Waals surface area contributed by atoms with Gasteiger partial charge >= 0.3 is 0 Å². The van der Waals surface area contributed by atoms with Gasteiger partial charge in [0.15, 0.2) is 0 Å². The van der Waals surface area contributed by atoms with Crippen LogP contribution in [-0.4, -0.2) is 13.2 Å². The van der Waals surface area contributed by atoms with E-state index in [0.29, 0.717) is 0 Å². The van der Waals surface area contributed by atoms with Crippen LogP contribution in [-0.2, 0) is 11.3 Å².